The van der Waals surface area contributed by atoms with Gasteiger partial charge in [0.25, 0.3) is 0 Å². The molecule has 0 fully saturated rings. The van der Waals surface area contributed by atoms with Crippen molar-refractivity contribution in [3.63, 3.8) is 0 Å². The topological polar surface area (TPSA) is 23.8 Å². The second kappa shape index (κ2) is 63.4. The maximum absolute atomic E-state index is 6.50. The van der Waals surface area contributed by atoms with E-state index in [4.69, 9.17) is 5.26 Å². The van der Waals surface area contributed by atoms with Crippen LogP contribution in [0.25, 0.3) is 0 Å². The van der Waals surface area contributed by atoms with Gasteiger partial charge in [0.2, 0.25) is 0 Å². The molecule has 0 saturated carbocycles. The zero-order valence-corrected chi connectivity index (χ0v) is 3.23. The predicted molar refractivity (Wildman–Crippen MR) is 22.1 cm³/mol. The molecule has 0 rings (SSSR count). The Morgan fingerprint density at radius 2 is 1.50 bits per heavy atom. The van der Waals surface area contributed by atoms with E-state index < -0.39 is 0 Å². The third-order valence-corrected chi connectivity index (χ3v) is 0. The van der Waals surface area contributed by atoms with Gasteiger partial charge in [-0.25, -0.2) is 5.26 Å². The van der Waals surface area contributed by atoms with E-state index in [2.05, 4.69) is 21.7 Å². The monoisotopic (exact) mass is 73.0 g/mol. The molecule has 0 saturated heterocycles. The van der Waals surface area contributed by atoms with Crippen molar-refractivity contribution in [3.05, 3.63) is 0 Å². The minimum atomic E-state index is 2.72. The van der Waals surface area contributed by atoms with Crippen LogP contribution in [0.5, 0.6) is 0 Å². The molecule has 2 heteroatoms. The molecule has 0 spiro atoms. The molecule has 1 nitrogen and oxygen atoms in total. The average Bonchev–Trinajstić information content (AvgIpc) is 1.50. The molecular formula is C2H4NP. The van der Waals surface area contributed by atoms with Crippen molar-refractivity contribution < 1.29 is 0 Å². The van der Waals surface area contributed by atoms with Crippen LogP contribution in [-0.4, -0.2) is 6.30 Å². The maximum Gasteiger partial charge on any atom is 0.0462 e. The van der Waals surface area contributed by atoms with E-state index in [1.165, 1.54) is 0 Å². The summed E-state index contributed by atoms with van der Waals surface area (Å²) in [6.45, 7) is 3.50. The van der Waals surface area contributed by atoms with Gasteiger partial charge in [-0.2, -0.15) is 0 Å². The van der Waals surface area contributed by atoms with Crippen molar-refractivity contribution in [1.82, 2.24) is 0 Å². The second-order valence-corrected chi connectivity index (χ2v) is 0. The summed E-state index contributed by atoms with van der Waals surface area (Å²) in [4.78, 5) is 0. The van der Waals surface area contributed by atoms with Crippen molar-refractivity contribution in [1.29, 1.82) is 5.26 Å². The van der Waals surface area contributed by atoms with Crippen molar-refractivity contribution in [2.24, 2.45) is 0 Å². The summed E-state index contributed by atoms with van der Waals surface area (Å²) in [5, 5.41) is 6.50. The number of hydrogen-bond donors (Lipinski definition) is 0. The van der Waals surface area contributed by atoms with Gasteiger partial charge in [-0.3, -0.25) is 0 Å². The minimum absolute atomic E-state index is 2.72. The molecule has 0 aromatic carbocycles. The lowest BCUT2D eigenvalue weighted by atomic mass is 11.9. The number of hydrogen-bond acceptors (Lipinski definition) is 1. The van der Waals surface area contributed by atoms with Gasteiger partial charge in [-0.1, -0.05) is 6.30 Å². The fourth-order valence-corrected chi connectivity index (χ4v) is 0. The lowest BCUT2D eigenvalue weighted by Gasteiger charge is -0.812. The first-order valence-electron chi connectivity index (χ1n) is 0.612. The Labute approximate surface area is 28.1 Å². The molecule has 0 N–H and O–H groups in total. The van der Waals surface area contributed by atoms with E-state index in [0.29, 0.717) is 0 Å². The first kappa shape index (κ1) is 9.40. The second-order valence-electron chi connectivity index (χ2n) is 0. The van der Waals surface area contributed by atoms with Crippen LogP contribution in [-0.2, 0) is 0 Å². The van der Waals surface area contributed by atoms with Gasteiger partial charge in [0.15, 0.2) is 0 Å². The predicted octanol–water partition coefficient (Wildman–Crippen LogP) is 0.701. The van der Waals surface area contributed by atoms with Crippen LogP contribution in [0.2, 0.25) is 0 Å². The zero-order chi connectivity index (χ0) is 4.00. The largest absolute Gasteiger partial charge is 0.202 e. The molecule has 0 heterocycles. The molecule has 0 aromatic rings. The summed E-state index contributed by atoms with van der Waals surface area (Å²) in [7, 11) is 2.72. The summed E-state index contributed by atoms with van der Waals surface area (Å²) in [5.41, 5.74) is 0. The van der Waals surface area contributed by atoms with Gasteiger partial charge in [0, 0.05) is 6.57 Å². The Balaban J connectivity index is 0. The van der Waals surface area contributed by atoms with E-state index in [0.717, 1.165) is 0 Å². The van der Waals surface area contributed by atoms with Crippen molar-refractivity contribution in [2.75, 3.05) is 0 Å². The highest BCUT2D eigenvalue weighted by Gasteiger charge is 0.603. The van der Waals surface area contributed by atoms with E-state index in [1.807, 2.05) is 0 Å². The van der Waals surface area contributed by atoms with Gasteiger partial charge in [-0.05, 0) is 0 Å². The van der Waals surface area contributed by atoms with Crippen LogP contribution in [0.15, 0.2) is 0 Å². The van der Waals surface area contributed by atoms with Gasteiger partial charge >= 0.3 is 0 Å². The van der Waals surface area contributed by atoms with Gasteiger partial charge in [-0.15, -0.1) is 8.86 Å². The Hall–Kier alpha value is -0.340. The normalized spacial score (nSPS) is 1.50. The Morgan fingerprint density at radius 1 is 1.50 bits per heavy atom. The molecule has 0 amide bonds. The summed E-state index contributed by atoms with van der Waals surface area (Å²) in [6.07, 6.45) is 3.06. The van der Waals surface area contributed by atoms with Crippen LogP contribution < -0.4 is 0 Å². The molecule has 0 atom stereocenters. The number of rotatable bonds is 0. The SMILES string of the molecule is C#N.C=P. The van der Waals surface area contributed by atoms with Crippen molar-refractivity contribution in [2.45, 2.75) is 0 Å². The van der Waals surface area contributed by atoms with E-state index >= 15 is 0 Å². The first-order valence-corrected chi connectivity index (χ1v) is 1.32. The van der Waals surface area contributed by atoms with Gasteiger partial charge in [0.1, 0.15) is 0 Å². The van der Waals surface area contributed by atoms with Crippen molar-refractivity contribution >= 4 is 15.2 Å². The Bertz CT molecular complexity index is 17.2. The van der Waals surface area contributed by atoms with E-state index in [-0.39, 0.29) is 0 Å². The fraction of sp³-hybridized carbons (Fsp3) is 0. The fourth-order valence-electron chi connectivity index (χ4n) is 0. The lowest BCUT2D eigenvalue weighted by molar-refractivity contribution is 1.58. The van der Waals surface area contributed by atoms with Crippen LogP contribution in [0.1, 0.15) is 0 Å². The zero-order valence-electron chi connectivity index (χ0n) is 2.23. The van der Waals surface area contributed by atoms with Crippen molar-refractivity contribution in [3.8, 4) is 6.57 Å². The molecule has 0 aliphatic rings. The third kappa shape index (κ3) is 6.26. The van der Waals surface area contributed by atoms with Crippen LogP contribution in [0.3, 0.4) is 0 Å². The average molecular weight is 73.0 g/mol. The van der Waals surface area contributed by atoms with E-state index in [9.17, 15) is 0 Å². The lowest BCUT2D eigenvalue weighted by Crippen LogP contribution is -0.617. The summed E-state index contributed by atoms with van der Waals surface area (Å²) >= 11 is 0. The Kier molecular flexibility index (Phi) is 149. The summed E-state index contributed by atoms with van der Waals surface area (Å²) < 4.78 is 0. The van der Waals surface area contributed by atoms with Crippen LogP contribution >= 0.6 is 8.86 Å². The number of nitrogens with zero attached hydrogens (tertiary/aromatic N) is 1. The van der Waals surface area contributed by atoms with E-state index in [1.54, 1.807) is 0 Å². The first-order chi connectivity index (χ1) is 2.00. The van der Waals surface area contributed by atoms with Gasteiger partial charge < -0.3 is 0 Å². The molecule has 0 radical (unpaired) electrons. The smallest absolute Gasteiger partial charge is 0.0462 e. The highest BCUT2D eigenvalue weighted by molar-refractivity contribution is 7.15. The summed E-state index contributed by atoms with van der Waals surface area (Å²) in [5.74, 6) is 0. The maximum atomic E-state index is 6.50. The van der Waals surface area contributed by atoms with Gasteiger partial charge in [0.05, 0.1) is 0 Å². The molecule has 0 unspecified atom stereocenters. The molecule has 0 aliphatic carbocycles. The molecule has 0 aliphatic heterocycles. The molecule has 0 bridgehead atoms. The highest BCUT2D eigenvalue weighted by atomic mass is 31.0. The standard InChI is InChI=1S/CHN.CH3P/c2*1-2/h1H;2H,1H2. The van der Waals surface area contributed by atoms with Crippen LogP contribution in [0, 0.1) is 11.8 Å². The Morgan fingerprint density at radius 3 is 1.50 bits per heavy atom. The third-order valence-electron chi connectivity index (χ3n) is 0. The summed E-state index contributed by atoms with van der Waals surface area (Å²) in [6, 6.07) is 0. The minimum Gasteiger partial charge on any atom is -0.202 e. The molecule has 22 valence electrons. The highest BCUT2D eigenvalue weighted by Crippen LogP contribution is 1.20. The quantitative estimate of drug-likeness (QED) is 0.387. The molecule has 4 heavy (non-hydrogen) atoms. The number of nitriles is 1. The molecule has 0 aromatic heterocycles. The van der Waals surface area contributed by atoms with Crippen LogP contribution in [0.4, 0.5) is 0 Å². The molecular weight excluding hydrogens is 69.0 g/mol.